The molecule has 0 radical (unpaired) electrons. The molecular weight excluding hydrogens is 286 g/mol. The number of imidazole rings is 1. The second-order valence-corrected chi connectivity index (χ2v) is 5.10. The van der Waals surface area contributed by atoms with Crippen LogP contribution in [-0.4, -0.2) is 9.55 Å². The van der Waals surface area contributed by atoms with Crippen molar-refractivity contribution in [2.45, 2.75) is 6.54 Å². The standard InChI is InChI=1S/C14H9Cl2FN2/c15-10-3-1-9(2-4-10)7-19-8-18-13-6-12(17)11(16)5-14(13)19/h1-6,8H,7H2. The number of hydrogen-bond acceptors (Lipinski definition) is 1. The summed E-state index contributed by atoms with van der Waals surface area (Å²) >= 11 is 11.7. The van der Waals surface area contributed by atoms with Gasteiger partial charge in [0.1, 0.15) is 5.82 Å². The first kappa shape index (κ1) is 12.5. The van der Waals surface area contributed by atoms with E-state index in [9.17, 15) is 4.39 Å². The maximum absolute atomic E-state index is 13.3. The van der Waals surface area contributed by atoms with Crippen molar-refractivity contribution in [3.63, 3.8) is 0 Å². The molecule has 0 bridgehead atoms. The van der Waals surface area contributed by atoms with Crippen LogP contribution in [0.15, 0.2) is 42.7 Å². The first-order valence-corrected chi connectivity index (χ1v) is 6.43. The van der Waals surface area contributed by atoms with Gasteiger partial charge in [0, 0.05) is 17.6 Å². The quantitative estimate of drug-likeness (QED) is 0.679. The topological polar surface area (TPSA) is 17.8 Å². The smallest absolute Gasteiger partial charge is 0.144 e. The lowest BCUT2D eigenvalue weighted by Crippen LogP contribution is -1.97. The number of halogens is 3. The lowest BCUT2D eigenvalue weighted by Gasteiger charge is -2.05. The fourth-order valence-corrected chi connectivity index (χ4v) is 2.25. The molecule has 0 saturated heterocycles. The maximum atomic E-state index is 13.3. The average molecular weight is 295 g/mol. The van der Waals surface area contributed by atoms with Crippen LogP contribution in [0, 0.1) is 5.82 Å². The van der Waals surface area contributed by atoms with E-state index in [0.29, 0.717) is 17.1 Å². The van der Waals surface area contributed by atoms with Crippen LogP contribution in [0.2, 0.25) is 10.0 Å². The molecule has 0 N–H and O–H groups in total. The second kappa shape index (κ2) is 4.83. The normalized spacial score (nSPS) is 11.1. The van der Waals surface area contributed by atoms with Gasteiger partial charge in [-0.3, -0.25) is 0 Å². The minimum atomic E-state index is -0.453. The van der Waals surface area contributed by atoms with Gasteiger partial charge in [0.15, 0.2) is 0 Å². The highest BCUT2D eigenvalue weighted by Crippen LogP contribution is 2.23. The summed E-state index contributed by atoms with van der Waals surface area (Å²) in [6, 6.07) is 10.5. The van der Waals surface area contributed by atoms with Crippen LogP contribution in [0.25, 0.3) is 11.0 Å². The minimum Gasteiger partial charge on any atom is -0.326 e. The highest BCUT2D eigenvalue weighted by atomic mass is 35.5. The maximum Gasteiger partial charge on any atom is 0.144 e. The molecule has 3 rings (SSSR count). The van der Waals surface area contributed by atoms with Crippen molar-refractivity contribution in [2.24, 2.45) is 0 Å². The van der Waals surface area contributed by atoms with E-state index in [1.165, 1.54) is 6.07 Å². The Bertz CT molecular complexity index is 735. The average Bonchev–Trinajstić information content (AvgIpc) is 2.76. The van der Waals surface area contributed by atoms with Crippen molar-refractivity contribution in [1.82, 2.24) is 9.55 Å². The molecule has 1 aromatic heterocycles. The SMILES string of the molecule is Fc1cc2ncn(Cc3ccc(Cl)cc3)c2cc1Cl. The molecule has 0 unspecified atom stereocenters. The molecule has 0 fully saturated rings. The fourth-order valence-electron chi connectivity index (χ4n) is 1.97. The van der Waals surface area contributed by atoms with Crippen LogP contribution < -0.4 is 0 Å². The van der Waals surface area contributed by atoms with Crippen molar-refractivity contribution in [3.05, 3.63) is 64.2 Å². The van der Waals surface area contributed by atoms with Crippen molar-refractivity contribution in [2.75, 3.05) is 0 Å². The number of nitrogens with zero attached hydrogens (tertiary/aromatic N) is 2. The molecule has 0 aliphatic rings. The fraction of sp³-hybridized carbons (Fsp3) is 0.0714. The van der Waals surface area contributed by atoms with E-state index in [-0.39, 0.29) is 5.02 Å². The summed E-state index contributed by atoms with van der Waals surface area (Å²) in [5, 5.41) is 0.801. The number of aromatic nitrogens is 2. The van der Waals surface area contributed by atoms with Gasteiger partial charge in [-0.1, -0.05) is 35.3 Å². The molecule has 0 aliphatic carbocycles. The predicted molar refractivity (Wildman–Crippen MR) is 75.3 cm³/mol. The monoisotopic (exact) mass is 294 g/mol. The molecule has 2 nitrogen and oxygen atoms in total. The first-order valence-electron chi connectivity index (χ1n) is 5.68. The van der Waals surface area contributed by atoms with Gasteiger partial charge < -0.3 is 4.57 Å². The summed E-state index contributed by atoms with van der Waals surface area (Å²) in [6.45, 7) is 0.635. The van der Waals surface area contributed by atoms with E-state index in [2.05, 4.69) is 4.98 Å². The molecule has 3 aromatic rings. The number of fused-ring (bicyclic) bond motifs is 1. The van der Waals surface area contributed by atoms with Crippen molar-refractivity contribution in [1.29, 1.82) is 0 Å². The molecule has 0 saturated carbocycles. The Morgan fingerprint density at radius 1 is 1.11 bits per heavy atom. The molecule has 1 heterocycles. The number of benzene rings is 2. The number of rotatable bonds is 2. The van der Waals surface area contributed by atoms with Gasteiger partial charge in [-0.2, -0.15) is 0 Å². The van der Waals surface area contributed by atoms with E-state index in [1.807, 2.05) is 28.8 Å². The minimum absolute atomic E-state index is 0.102. The highest BCUT2D eigenvalue weighted by molar-refractivity contribution is 6.31. The molecule has 19 heavy (non-hydrogen) atoms. The van der Waals surface area contributed by atoms with Crippen LogP contribution >= 0.6 is 23.2 Å². The summed E-state index contributed by atoms with van der Waals surface area (Å²) in [4.78, 5) is 4.17. The Morgan fingerprint density at radius 2 is 1.84 bits per heavy atom. The van der Waals surface area contributed by atoms with Gasteiger partial charge in [-0.25, -0.2) is 9.37 Å². The number of hydrogen-bond donors (Lipinski definition) is 0. The lowest BCUT2D eigenvalue weighted by atomic mass is 10.2. The molecule has 5 heteroatoms. The summed E-state index contributed by atoms with van der Waals surface area (Å²) in [7, 11) is 0. The predicted octanol–water partition coefficient (Wildman–Crippen LogP) is 4.53. The summed E-state index contributed by atoms with van der Waals surface area (Å²) in [6.07, 6.45) is 1.68. The molecule has 2 aromatic carbocycles. The molecule has 0 atom stereocenters. The highest BCUT2D eigenvalue weighted by Gasteiger charge is 2.08. The molecular formula is C14H9Cl2FN2. The van der Waals surface area contributed by atoms with Gasteiger partial charge in [0.05, 0.1) is 22.4 Å². The first-order chi connectivity index (χ1) is 9.13. The molecule has 0 amide bonds. The zero-order valence-electron chi connectivity index (χ0n) is 9.78. The van der Waals surface area contributed by atoms with Crippen molar-refractivity contribution >= 4 is 34.2 Å². The van der Waals surface area contributed by atoms with Crippen LogP contribution in [-0.2, 0) is 6.54 Å². The Labute approximate surface area is 119 Å². The Kier molecular flexibility index (Phi) is 3.17. The lowest BCUT2D eigenvalue weighted by molar-refractivity contribution is 0.629. The second-order valence-electron chi connectivity index (χ2n) is 4.25. The third-order valence-electron chi connectivity index (χ3n) is 2.93. The van der Waals surface area contributed by atoms with E-state index in [0.717, 1.165) is 11.1 Å². The Balaban J connectivity index is 2.01. The third kappa shape index (κ3) is 2.44. The van der Waals surface area contributed by atoms with Crippen LogP contribution in [0.1, 0.15) is 5.56 Å². The van der Waals surface area contributed by atoms with Gasteiger partial charge in [0.25, 0.3) is 0 Å². The van der Waals surface area contributed by atoms with E-state index in [1.54, 1.807) is 12.4 Å². The van der Waals surface area contributed by atoms with Gasteiger partial charge in [-0.05, 0) is 23.8 Å². The zero-order valence-corrected chi connectivity index (χ0v) is 11.3. The summed E-state index contributed by atoms with van der Waals surface area (Å²) in [5.74, 6) is -0.453. The van der Waals surface area contributed by atoms with E-state index < -0.39 is 5.82 Å². The summed E-state index contributed by atoms with van der Waals surface area (Å²) < 4.78 is 15.3. The van der Waals surface area contributed by atoms with Crippen molar-refractivity contribution < 1.29 is 4.39 Å². The summed E-state index contributed by atoms with van der Waals surface area (Å²) in [5.41, 5.74) is 2.49. The zero-order chi connectivity index (χ0) is 13.4. The van der Waals surface area contributed by atoms with Gasteiger partial charge in [-0.15, -0.1) is 0 Å². The molecule has 0 spiro atoms. The molecule has 0 aliphatic heterocycles. The van der Waals surface area contributed by atoms with Gasteiger partial charge in [0.2, 0.25) is 0 Å². The Hall–Kier alpha value is -1.58. The van der Waals surface area contributed by atoms with Crippen LogP contribution in [0.5, 0.6) is 0 Å². The van der Waals surface area contributed by atoms with Crippen molar-refractivity contribution in [3.8, 4) is 0 Å². The van der Waals surface area contributed by atoms with E-state index in [4.69, 9.17) is 23.2 Å². The Morgan fingerprint density at radius 3 is 2.58 bits per heavy atom. The third-order valence-corrected chi connectivity index (χ3v) is 3.47. The molecule has 96 valence electrons. The van der Waals surface area contributed by atoms with E-state index >= 15 is 0 Å². The van der Waals surface area contributed by atoms with Gasteiger partial charge >= 0.3 is 0 Å². The van der Waals surface area contributed by atoms with Crippen LogP contribution in [0.3, 0.4) is 0 Å². The largest absolute Gasteiger partial charge is 0.326 e. The van der Waals surface area contributed by atoms with Crippen LogP contribution in [0.4, 0.5) is 4.39 Å².